The summed E-state index contributed by atoms with van der Waals surface area (Å²) in [7, 11) is 3.10. The number of carbonyl (C=O) groups excluding carboxylic acids is 1. The van der Waals surface area contributed by atoms with Crippen LogP contribution < -0.4 is 20.1 Å². The zero-order valence-electron chi connectivity index (χ0n) is 14.7. The Morgan fingerprint density at radius 3 is 2.54 bits per heavy atom. The zero-order chi connectivity index (χ0) is 19.1. The number of aromatic hydroxyl groups is 1. The lowest BCUT2D eigenvalue weighted by atomic mass is 10.2. The van der Waals surface area contributed by atoms with Gasteiger partial charge in [0.1, 0.15) is 5.75 Å². The van der Waals surface area contributed by atoms with E-state index in [9.17, 15) is 9.90 Å². The Bertz CT molecular complexity index is 849. The molecule has 26 heavy (non-hydrogen) atoms. The fourth-order valence-corrected chi connectivity index (χ4v) is 2.40. The van der Waals surface area contributed by atoms with E-state index in [2.05, 4.69) is 10.6 Å². The number of amides is 1. The number of carbonyl (C=O) groups is 1. The first-order valence-corrected chi connectivity index (χ1v) is 8.15. The molecule has 0 bridgehead atoms. The van der Waals surface area contributed by atoms with Crippen LogP contribution in [0, 0.1) is 6.92 Å². The molecule has 0 radical (unpaired) electrons. The van der Waals surface area contributed by atoms with Crippen LogP contribution in [-0.2, 0) is 4.79 Å². The fraction of sp³-hybridized carbons (Fsp3) is 0.158. The average Bonchev–Trinajstić information content (AvgIpc) is 2.62. The first kappa shape index (κ1) is 19.3. The Kier molecular flexibility index (Phi) is 6.57. The Balaban J connectivity index is 1.98. The summed E-state index contributed by atoms with van der Waals surface area (Å²) in [6, 6.07) is 10.4. The molecule has 2 rings (SSSR count). The lowest BCUT2D eigenvalue weighted by Gasteiger charge is -2.10. The van der Waals surface area contributed by atoms with Crippen molar-refractivity contribution in [2.24, 2.45) is 0 Å². The molecule has 0 saturated carbocycles. The summed E-state index contributed by atoms with van der Waals surface area (Å²) in [6.45, 7) is 1.89. The molecule has 0 spiro atoms. The minimum Gasteiger partial charge on any atom is -0.506 e. The lowest BCUT2D eigenvalue weighted by molar-refractivity contribution is -0.115. The van der Waals surface area contributed by atoms with Gasteiger partial charge >= 0.3 is 0 Å². The summed E-state index contributed by atoms with van der Waals surface area (Å²) >= 11 is 5.09. The highest BCUT2D eigenvalue weighted by Crippen LogP contribution is 2.28. The van der Waals surface area contributed by atoms with E-state index >= 15 is 0 Å². The predicted molar refractivity (Wildman–Crippen MR) is 106 cm³/mol. The minimum atomic E-state index is -0.399. The summed E-state index contributed by atoms with van der Waals surface area (Å²) in [6.07, 6.45) is 2.98. The fourth-order valence-electron chi connectivity index (χ4n) is 2.19. The SMILES string of the molecule is COc1ccc(C=CC(=O)NC(=S)Nc2cc(C)ccc2O)cc1OC. The molecule has 2 aromatic carbocycles. The Labute approximate surface area is 157 Å². The molecule has 0 aliphatic carbocycles. The average molecular weight is 372 g/mol. The van der Waals surface area contributed by atoms with E-state index in [1.54, 1.807) is 56.7 Å². The molecule has 2 aromatic rings. The van der Waals surface area contributed by atoms with Gasteiger partial charge in [-0.05, 0) is 60.6 Å². The first-order valence-electron chi connectivity index (χ1n) is 7.74. The van der Waals surface area contributed by atoms with Crippen LogP contribution >= 0.6 is 12.2 Å². The molecule has 1 amide bonds. The van der Waals surface area contributed by atoms with Gasteiger partial charge in [-0.25, -0.2) is 0 Å². The maximum absolute atomic E-state index is 12.0. The summed E-state index contributed by atoms with van der Waals surface area (Å²) in [5, 5.41) is 15.2. The van der Waals surface area contributed by atoms with Crippen molar-refractivity contribution < 1.29 is 19.4 Å². The molecular weight excluding hydrogens is 352 g/mol. The first-order chi connectivity index (χ1) is 12.4. The van der Waals surface area contributed by atoms with Gasteiger partial charge < -0.3 is 19.9 Å². The quantitative estimate of drug-likeness (QED) is 0.425. The second kappa shape index (κ2) is 8.87. The maximum Gasteiger partial charge on any atom is 0.250 e. The van der Waals surface area contributed by atoms with Gasteiger partial charge in [0, 0.05) is 6.08 Å². The Morgan fingerprint density at radius 2 is 1.85 bits per heavy atom. The third-order valence-corrected chi connectivity index (χ3v) is 3.68. The van der Waals surface area contributed by atoms with Gasteiger partial charge in [-0.1, -0.05) is 12.1 Å². The number of phenolic OH excluding ortho intramolecular Hbond substituents is 1. The molecule has 0 aromatic heterocycles. The smallest absolute Gasteiger partial charge is 0.250 e. The molecule has 6 nitrogen and oxygen atoms in total. The maximum atomic E-state index is 12.0. The molecule has 0 heterocycles. The van der Waals surface area contributed by atoms with Gasteiger partial charge in [0.25, 0.3) is 0 Å². The van der Waals surface area contributed by atoms with Crippen molar-refractivity contribution in [1.82, 2.24) is 5.32 Å². The number of methoxy groups -OCH3 is 2. The van der Waals surface area contributed by atoms with E-state index in [1.165, 1.54) is 6.08 Å². The summed E-state index contributed by atoms with van der Waals surface area (Å²) in [4.78, 5) is 12.0. The summed E-state index contributed by atoms with van der Waals surface area (Å²) < 4.78 is 10.4. The van der Waals surface area contributed by atoms with Gasteiger partial charge in [0.2, 0.25) is 5.91 Å². The van der Waals surface area contributed by atoms with Crippen LogP contribution in [0.1, 0.15) is 11.1 Å². The van der Waals surface area contributed by atoms with Crippen molar-refractivity contribution >= 4 is 35.0 Å². The van der Waals surface area contributed by atoms with E-state index in [0.717, 1.165) is 11.1 Å². The van der Waals surface area contributed by atoms with Crippen LogP contribution in [0.25, 0.3) is 6.08 Å². The van der Waals surface area contributed by atoms with Crippen molar-refractivity contribution in [2.75, 3.05) is 19.5 Å². The van der Waals surface area contributed by atoms with E-state index in [4.69, 9.17) is 21.7 Å². The number of anilines is 1. The molecule has 0 aliphatic rings. The number of hydrogen-bond donors (Lipinski definition) is 3. The van der Waals surface area contributed by atoms with Crippen LogP contribution in [0.5, 0.6) is 17.2 Å². The van der Waals surface area contributed by atoms with E-state index in [0.29, 0.717) is 17.2 Å². The van der Waals surface area contributed by atoms with E-state index in [-0.39, 0.29) is 10.9 Å². The van der Waals surface area contributed by atoms with Gasteiger partial charge in [0.05, 0.1) is 19.9 Å². The molecule has 0 atom stereocenters. The predicted octanol–water partition coefficient (Wildman–Crippen LogP) is 3.24. The zero-order valence-corrected chi connectivity index (χ0v) is 15.5. The standard InChI is InChI=1S/C19H20N2O4S/c1-12-4-7-15(22)14(10-12)20-19(26)21-18(23)9-6-13-5-8-16(24-2)17(11-13)25-3/h4-11,22H,1-3H3,(H2,20,21,23,26). The largest absolute Gasteiger partial charge is 0.506 e. The van der Waals surface area contributed by atoms with Crippen molar-refractivity contribution in [1.29, 1.82) is 0 Å². The Hall–Kier alpha value is -3.06. The molecule has 7 heteroatoms. The molecule has 136 valence electrons. The minimum absolute atomic E-state index is 0.0491. The highest BCUT2D eigenvalue weighted by atomic mass is 32.1. The molecule has 0 saturated heterocycles. The van der Waals surface area contributed by atoms with E-state index in [1.807, 2.05) is 6.92 Å². The number of nitrogens with one attached hydrogen (secondary N) is 2. The Morgan fingerprint density at radius 1 is 1.12 bits per heavy atom. The third-order valence-electron chi connectivity index (χ3n) is 3.47. The number of hydrogen-bond acceptors (Lipinski definition) is 5. The van der Waals surface area contributed by atoms with E-state index < -0.39 is 5.91 Å². The van der Waals surface area contributed by atoms with Crippen molar-refractivity contribution in [2.45, 2.75) is 6.92 Å². The van der Waals surface area contributed by atoms with Crippen LogP contribution in [0.3, 0.4) is 0 Å². The van der Waals surface area contributed by atoms with Gasteiger partial charge in [-0.15, -0.1) is 0 Å². The van der Waals surface area contributed by atoms with Crippen LogP contribution in [0.15, 0.2) is 42.5 Å². The second-order valence-electron chi connectivity index (χ2n) is 5.41. The van der Waals surface area contributed by atoms with Crippen LogP contribution in [0.2, 0.25) is 0 Å². The number of aryl methyl sites for hydroxylation is 1. The lowest BCUT2D eigenvalue weighted by Crippen LogP contribution is -2.32. The molecule has 0 aliphatic heterocycles. The van der Waals surface area contributed by atoms with Crippen molar-refractivity contribution in [3.63, 3.8) is 0 Å². The molecule has 0 fully saturated rings. The topological polar surface area (TPSA) is 79.8 Å². The summed E-state index contributed by atoms with van der Waals surface area (Å²) in [5.74, 6) is 0.831. The number of phenols is 1. The highest BCUT2D eigenvalue weighted by Gasteiger charge is 2.06. The normalized spacial score (nSPS) is 10.4. The van der Waals surface area contributed by atoms with Crippen molar-refractivity contribution in [3.05, 3.63) is 53.6 Å². The highest BCUT2D eigenvalue weighted by molar-refractivity contribution is 7.80. The molecule has 3 N–H and O–H groups in total. The van der Waals surface area contributed by atoms with Crippen molar-refractivity contribution in [3.8, 4) is 17.2 Å². The van der Waals surface area contributed by atoms with Crippen LogP contribution in [0.4, 0.5) is 5.69 Å². The number of benzene rings is 2. The molecular formula is C19H20N2O4S. The van der Waals surface area contributed by atoms with Crippen LogP contribution in [-0.4, -0.2) is 30.3 Å². The second-order valence-corrected chi connectivity index (χ2v) is 5.82. The number of rotatable bonds is 5. The summed E-state index contributed by atoms with van der Waals surface area (Å²) in [5.41, 5.74) is 2.15. The number of ether oxygens (including phenoxy) is 2. The van der Waals surface area contributed by atoms with Gasteiger partial charge in [0.15, 0.2) is 16.6 Å². The molecule has 0 unspecified atom stereocenters. The van der Waals surface area contributed by atoms with Gasteiger partial charge in [-0.2, -0.15) is 0 Å². The number of thiocarbonyl (C=S) groups is 1. The van der Waals surface area contributed by atoms with Gasteiger partial charge in [-0.3, -0.25) is 10.1 Å². The third kappa shape index (κ3) is 5.22. The monoisotopic (exact) mass is 372 g/mol.